The molecule has 3 aromatic heterocycles. The third-order valence-electron chi connectivity index (χ3n) is 6.21. The van der Waals surface area contributed by atoms with Crippen molar-refractivity contribution in [1.82, 2.24) is 29.9 Å². The molecule has 34 heavy (non-hydrogen) atoms. The molecule has 2 aliphatic carbocycles. The summed E-state index contributed by atoms with van der Waals surface area (Å²) in [7, 11) is 1.63. The van der Waals surface area contributed by atoms with Gasteiger partial charge in [-0.05, 0) is 39.5 Å². The van der Waals surface area contributed by atoms with E-state index in [1.165, 1.54) is 0 Å². The highest BCUT2D eigenvalue weighted by atomic mass is 19.1. The Balaban J connectivity index is 1.32. The number of anilines is 2. The van der Waals surface area contributed by atoms with E-state index in [1.54, 1.807) is 13.2 Å². The minimum Gasteiger partial charge on any atom is -0.443 e. The van der Waals surface area contributed by atoms with Crippen molar-refractivity contribution in [3.05, 3.63) is 35.4 Å². The minimum atomic E-state index is -1.31. The van der Waals surface area contributed by atoms with Crippen LogP contribution in [0, 0.1) is 0 Å². The molecule has 3 atom stereocenters. The van der Waals surface area contributed by atoms with Crippen LogP contribution in [0.1, 0.15) is 68.4 Å². The molecule has 3 heterocycles. The molecule has 3 N–H and O–H groups in total. The number of H-pyrrole nitrogens is 1. The van der Waals surface area contributed by atoms with Crippen molar-refractivity contribution in [1.29, 1.82) is 0 Å². The Morgan fingerprint density at radius 3 is 2.82 bits per heavy atom. The maximum Gasteiger partial charge on any atom is 0.407 e. The van der Waals surface area contributed by atoms with Crippen molar-refractivity contribution in [2.45, 2.75) is 76.3 Å². The smallest absolute Gasteiger partial charge is 0.407 e. The van der Waals surface area contributed by atoms with Crippen molar-refractivity contribution >= 4 is 23.5 Å². The van der Waals surface area contributed by atoms with Crippen LogP contribution in [-0.2, 0) is 16.1 Å². The molecule has 0 saturated heterocycles. The fourth-order valence-electron chi connectivity index (χ4n) is 4.44. The molecule has 5 rings (SSSR count). The fourth-order valence-corrected chi connectivity index (χ4v) is 4.44. The largest absolute Gasteiger partial charge is 0.443 e. The molecule has 2 fully saturated rings. The highest BCUT2D eigenvalue weighted by molar-refractivity contribution is 5.67. The van der Waals surface area contributed by atoms with Gasteiger partial charge in [0.05, 0.1) is 18.0 Å². The Bertz CT molecular complexity index is 1170. The molecule has 0 aromatic carbocycles. The van der Waals surface area contributed by atoms with Gasteiger partial charge in [-0.25, -0.2) is 19.2 Å². The first-order chi connectivity index (χ1) is 16.4. The monoisotopic (exact) mass is 471 g/mol. The number of imidazole rings is 1. The second-order valence-electron chi connectivity index (χ2n) is 9.38. The third-order valence-corrected chi connectivity index (χ3v) is 6.21. The molecule has 11 heteroatoms. The van der Waals surface area contributed by atoms with E-state index in [0.29, 0.717) is 42.8 Å². The van der Waals surface area contributed by atoms with Gasteiger partial charge in [0.1, 0.15) is 17.9 Å². The number of hydrogen-bond acceptors (Lipinski definition) is 7. The van der Waals surface area contributed by atoms with Crippen LogP contribution in [0.3, 0.4) is 0 Å². The number of fused-ring (bicyclic) bond motifs is 1. The SMILES string of the molecule is COCc1cn2c(Nc3cc([C@H]4CC[C@@H](OC(=O)NC(C)C)[C@@H]4F)[nH]n3)nc(C3CC3)cc2n1. The molecular formula is C23H30FN7O3. The highest BCUT2D eigenvalue weighted by Crippen LogP contribution is 2.41. The first-order valence-corrected chi connectivity index (χ1v) is 11.7. The number of aromatic nitrogens is 5. The Morgan fingerprint density at radius 2 is 2.09 bits per heavy atom. The molecule has 10 nitrogen and oxygen atoms in total. The predicted molar refractivity (Wildman–Crippen MR) is 123 cm³/mol. The summed E-state index contributed by atoms with van der Waals surface area (Å²) in [6, 6.07) is 3.74. The van der Waals surface area contributed by atoms with Gasteiger partial charge < -0.3 is 20.1 Å². The van der Waals surface area contributed by atoms with Crippen molar-refractivity contribution in [3.63, 3.8) is 0 Å². The van der Waals surface area contributed by atoms with Gasteiger partial charge >= 0.3 is 6.09 Å². The summed E-state index contributed by atoms with van der Waals surface area (Å²) in [5, 5.41) is 13.2. The zero-order valence-electron chi connectivity index (χ0n) is 19.5. The van der Waals surface area contributed by atoms with Crippen LogP contribution >= 0.6 is 0 Å². The van der Waals surface area contributed by atoms with Crippen molar-refractivity contribution in [2.24, 2.45) is 0 Å². The summed E-state index contributed by atoms with van der Waals surface area (Å²) < 4.78 is 27.5. The molecule has 1 amide bonds. The summed E-state index contributed by atoms with van der Waals surface area (Å²) in [6.07, 6.45) is 2.49. The summed E-state index contributed by atoms with van der Waals surface area (Å²) in [5.41, 5.74) is 3.26. The lowest BCUT2D eigenvalue weighted by Crippen LogP contribution is -2.36. The van der Waals surface area contributed by atoms with E-state index in [0.717, 1.165) is 29.9 Å². The van der Waals surface area contributed by atoms with E-state index < -0.39 is 24.3 Å². The molecule has 0 radical (unpaired) electrons. The summed E-state index contributed by atoms with van der Waals surface area (Å²) >= 11 is 0. The van der Waals surface area contributed by atoms with Crippen LogP contribution in [-0.4, -0.2) is 56.1 Å². The normalized spacial score (nSPS) is 22.4. The second-order valence-corrected chi connectivity index (χ2v) is 9.38. The number of alkyl halides is 1. The van der Waals surface area contributed by atoms with Gasteiger partial charge in [-0.1, -0.05) is 0 Å². The first kappa shape index (κ1) is 22.6. The van der Waals surface area contributed by atoms with Gasteiger partial charge in [-0.2, -0.15) is 5.10 Å². The number of carbonyl (C=O) groups excluding carboxylic acids is 1. The third kappa shape index (κ3) is 4.70. The van der Waals surface area contributed by atoms with Crippen molar-refractivity contribution in [2.75, 3.05) is 12.4 Å². The zero-order valence-corrected chi connectivity index (χ0v) is 19.5. The second kappa shape index (κ2) is 9.21. The molecular weight excluding hydrogens is 441 g/mol. The lowest BCUT2D eigenvalue weighted by atomic mass is 10.0. The van der Waals surface area contributed by atoms with E-state index >= 15 is 4.39 Å². The van der Waals surface area contributed by atoms with Crippen LogP contribution in [0.15, 0.2) is 18.3 Å². The van der Waals surface area contributed by atoms with Crippen LogP contribution in [0.4, 0.5) is 21.0 Å². The summed E-state index contributed by atoms with van der Waals surface area (Å²) in [5.74, 6) is 1.17. The standard InChI is InChI=1S/C23H30FN7O3/c1-12(2)25-23(32)34-18-7-6-15(21(18)24)17-8-19(30-29-17)28-22-27-16(13-4-5-13)9-20-26-14(11-33-3)10-31(20)22/h8-10,12-13,15,18,21H,4-7,11H2,1-3H3,(H,25,32)(H2,27,28,29,30)/t15-,18-,21-/m1/s1. The van der Waals surface area contributed by atoms with Crippen molar-refractivity contribution in [3.8, 4) is 0 Å². The number of alkyl carbamates (subject to hydrolysis) is 1. The number of rotatable bonds is 8. The molecule has 0 bridgehead atoms. The van der Waals surface area contributed by atoms with Gasteiger partial charge in [0.15, 0.2) is 5.82 Å². The van der Waals surface area contributed by atoms with Gasteiger partial charge in [0, 0.05) is 49.0 Å². The van der Waals surface area contributed by atoms with E-state index in [2.05, 4.69) is 25.8 Å². The minimum absolute atomic E-state index is 0.0661. The Labute approximate surface area is 196 Å². The van der Waals surface area contributed by atoms with Gasteiger partial charge in [-0.3, -0.25) is 9.50 Å². The number of aromatic amines is 1. The van der Waals surface area contributed by atoms with Gasteiger partial charge in [0.25, 0.3) is 0 Å². The molecule has 3 aromatic rings. The first-order valence-electron chi connectivity index (χ1n) is 11.7. The van der Waals surface area contributed by atoms with Gasteiger partial charge in [0.2, 0.25) is 5.95 Å². The Hall–Kier alpha value is -3.21. The van der Waals surface area contributed by atoms with Crippen LogP contribution < -0.4 is 10.6 Å². The van der Waals surface area contributed by atoms with E-state index in [1.807, 2.05) is 30.5 Å². The number of nitrogens with zero attached hydrogens (tertiary/aromatic N) is 4. The number of carbonyl (C=O) groups is 1. The number of ether oxygens (including phenoxy) is 2. The van der Waals surface area contributed by atoms with E-state index in [4.69, 9.17) is 14.5 Å². The highest BCUT2D eigenvalue weighted by Gasteiger charge is 2.41. The van der Waals surface area contributed by atoms with Crippen molar-refractivity contribution < 1.29 is 18.7 Å². The number of nitrogens with one attached hydrogen (secondary N) is 3. The molecule has 2 saturated carbocycles. The maximum absolute atomic E-state index is 15.1. The van der Waals surface area contributed by atoms with Crippen LogP contribution in [0.5, 0.6) is 0 Å². The zero-order chi connectivity index (χ0) is 23.8. The number of halogens is 1. The van der Waals surface area contributed by atoms with Gasteiger partial charge in [-0.15, -0.1) is 0 Å². The van der Waals surface area contributed by atoms with Crippen LogP contribution in [0.2, 0.25) is 0 Å². The predicted octanol–water partition coefficient (Wildman–Crippen LogP) is 3.94. The van der Waals surface area contributed by atoms with E-state index in [-0.39, 0.29) is 6.04 Å². The molecule has 182 valence electrons. The molecule has 0 aliphatic heterocycles. The quantitative estimate of drug-likeness (QED) is 0.455. The lowest BCUT2D eigenvalue weighted by Gasteiger charge is -2.18. The summed E-state index contributed by atoms with van der Waals surface area (Å²) in [4.78, 5) is 21.3. The summed E-state index contributed by atoms with van der Waals surface area (Å²) in [6.45, 7) is 4.07. The molecule has 2 aliphatic rings. The number of hydrogen-bond donors (Lipinski definition) is 3. The topological polar surface area (TPSA) is 118 Å². The maximum atomic E-state index is 15.1. The average molecular weight is 472 g/mol. The molecule has 0 spiro atoms. The Kier molecular flexibility index (Phi) is 6.11. The Morgan fingerprint density at radius 1 is 1.26 bits per heavy atom. The fraction of sp³-hybridized carbons (Fsp3) is 0.565. The molecule has 0 unspecified atom stereocenters. The number of methoxy groups -OCH3 is 1. The average Bonchev–Trinajstić information content (AvgIpc) is 3.24. The van der Waals surface area contributed by atoms with E-state index in [9.17, 15) is 4.79 Å². The number of amides is 1. The van der Waals surface area contributed by atoms with Crippen LogP contribution in [0.25, 0.3) is 5.65 Å². The lowest BCUT2D eigenvalue weighted by molar-refractivity contribution is 0.0555.